The first-order valence-corrected chi connectivity index (χ1v) is 8.43. The Morgan fingerprint density at radius 3 is 2.54 bits per heavy atom. The fourth-order valence-corrected chi connectivity index (χ4v) is 2.79. The Kier molecular flexibility index (Phi) is 5.72. The van der Waals surface area contributed by atoms with Crippen molar-refractivity contribution < 1.29 is 9.53 Å². The molecule has 128 valence electrons. The Labute approximate surface area is 146 Å². The van der Waals surface area contributed by atoms with E-state index in [1.807, 2.05) is 17.4 Å². The van der Waals surface area contributed by atoms with Crippen LogP contribution in [-0.4, -0.2) is 64.6 Å². The monoisotopic (exact) mass is 348 g/mol. The number of aromatic nitrogens is 2. The van der Waals surface area contributed by atoms with E-state index >= 15 is 0 Å². The van der Waals surface area contributed by atoms with E-state index in [0.717, 1.165) is 39.3 Å². The summed E-state index contributed by atoms with van der Waals surface area (Å²) in [5, 5.41) is 0.653. The number of hydrogen-bond donors (Lipinski definition) is 0. The summed E-state index contributed by atoms with van der Waals surface area (Å²) >= 11 is 5.83. The second-order valence-corrected chi connectivity index (χ2v) is 6.20. The van der Waals surface area contributed by atoms with Crippen LogP contribution < -0.4 is 4.74 Å². The van der Waals surface area contributed by atoms with Crippen LogP contribution in [-0.2, 0) is 11.3 Å². The van der Waals surface area contributed by atoms with Gasteiger partial charge in [0.2, 0.25) is 0 Å². The van der Waals surface area contributed by atoms with Gasteiger partial charge in [-0.2, -0.15) is 0 Å². The molecule has 0 radical (unpaired) electrons. The molecule has 1 amide bonds. The SMILES string of the molecule is O=C(COc1ccc(Cl)cc1)N1CCN(CCn2ccnc2)CC1. The zero-order chi connectivity index (χ0) is 16.8. The van der Waals surface area contributed by atoms with Crippen molar-refractivity contribution in [3.05, 3.63) is 48.0 Å². The average Bonchev–Trinajstić information content (AvgIpc) is 3.13. The number of amides is 1. The molecule has 2 aromatic rings. The summed E-state index contributed by atoms with van der Waals surface area (Å²) in [6.07, 6.45) is 5.58. The molecule has 24 heavy (non-hydrogen) atoms. The summed E-state index contributed by atoms with van der Waals surface area (Å²) in [4.78, 5) is 20.5. The van der Waals surface area contributed by atoms with Crippen LogP contribution in [0.15, 0.2) is 43.0 Å². The number of carbonyl (C=O) groups excluding carboxylic acids is 1. The molecular formula is C17H21ClN4O2. The van der Waals surface area contributed by atoms with E-state index in [1.165, 1.54) is 0 Å². The lowest BCUT2D eigenvalue weighted by atomic mass is 10.3. The van der Waals surface area contributed by atoms with Gasteiger partial charge in [0.1, 0.15) is 5.75 Å². The molecule has 1 aliphatic rings. The molecular weight excluding hydrogens is 328 g/mol. The Bertz CT molecular complexity index is 637. The lowest BCUT2D eigenvalue weighted by Crippen LogP contribution is -2.50. The number of halogens is 1. The van der Waals surface area contributed by atoms with E-state index in [9.17, 15) is 4.79 Å². The molecule has 1 saturated heterocycles. The third-order valence-electron chi connectivity index (χ3n) is 4.13. The molecule has 1 aliphatic heterocycles. The smallest absolute Gasteiger partial charge is 0.260 e. The number of nitrogens with zero attached hydrogens (tertiary/aromatic N) is 4. The topological polar surface area (TPSA) is 50.6 Å². The molecule has 1 aromatic heterocycles. The van der Waals surface area contributed by atoms with Crippen LogP contribution in [0.1, 0.15) is 0 Å². The summed E-state index contributed by atoms with van der Waals surface area (Å²) < 4.78 is 7.59. The van der Waals surface area contributed by atoms with Crippen LogP contribution in [0.25, 0.3) is 0 Å². The van der Waals surface area contributed by atoms with E-state index in [-0.39, 0.29) is 12.5 Å². The predicted octanol–water partition coefficient (Wildman–Crippen LogP) is 1.76. The van der Waals surface area contributed by atoms with Crippen molar-refractivity contribution in [1.82, 2.24) is 19.4 Å². The molecule has 6 nitrogen and oxygen atoms in total. The third-order valence-corrected chi connectivity index (χ3v) is 4.39. The van der Waals surface area contributed by atoms with Gasteiger partial charge in [0.15, 0.2) is 6.61 Å². The number of hydrogen-bond acceptors (Lipinski definition) is 4. The zero-order valence-electron chi connectivity index (χ0n) is 13.5. The maximum absolute atomic E-state index is 12.2. The summed E-state index contributed by atoms with van der Waals surface area (Å²) in [5.74, 6) is 0.686. The van der Waals surface area contributed by atoms with Crippen molar-refractivity contribution >= 4 is 17.5 Å². The molecule has 0 atom stereocenters. The molecule has 0 saturated carbocycles. The second-order valence-electron chi connectivity index (χ2n) is 5.77. The zero-order valence-corrected chi connectivity index (χ0v) is 14.2. The molecule has 7 heteroatoms. The minimum Gasteiger partial charge on any atom is -0.484 e. The quantitative estimate of drug-likeness (QED) is 0.798. The highest BCUT2D eigenvalue weighted by atomic mass is 35.5. The fourth-order valence-electron chi connectivity index (χ4n) is 2.66. The van der Waals surface area contributed by atoms with E-state index in [1.54, 1.807) is 30.5 Å². The minimum absolute atomic E-state index is 0.0270. The molecule has 1 aromatic carbocycles. The van der Waals surface area contributed by atoms with Crippen molar-refractivity contribution in [1.29, 1.82) is 0 Å². The average molecular weight is 349 g/mol. The number of rotatable bonds is 6. The Morgan fingerprint density at radius 1 is 1.12 bits per heavy atom. The molecule has 0 bridgehead atoms. The van der Waals surface area contributed by atoms with Crippen LogP contribution in [0.2, 0.25) is 5.02 Å². The van der Waals surface area contributed by atoms with E-state index in [2.05, 4.69) is 14.5 Å². The van der Waals surface area contributed by atoms with Crippen molar-refractivity contribution in [3.8, 4) is 5.75 Å². The van der Waals surface area contributed by atoms with E-state index < -0.39 is 0 Å². The third kappa shape index (κ3) is 4.72. The highest BCUT2D eigenvalue weighted by Gasteiger charge is 2.21. The largest absolute Gasteiger partial charge is 0.484 e. The first-order chi connectivity index (χ1) is 11.7. The maximum Gasteiger partial charge on any atom is 0.260 e. The number of piperazine rings is 1. The van der Waals surface area contributed by atoms with Crippen LogP contribution in [0.3, 0.4) is 0 Å². The number of imidazole rings is 1. The highest BCUT2D eigenvalue weighted by molar-refractivity contribution is 6.30. The minimum atomic E-state index is 0.0270. The van der Waals surface area contributed by atoms with Gasteiger partial charge in [0.25, 0.3) is 5.91 Å². The second kappa shape index (κ2) is 8.17. The summed E-state index contributed by atoms with van der Waals surface area (Å²) in [6.45, 7) is 5.23. The van der Waals surface area contributed by atoms with Crippen molar-refractivity contribution in [2.45, 2.75) is 6.54 Å². The Hall–Kier alpha value is -2.05. The molecule has 1 fully saturated rings. The van der Waals surface area contributed by atoms with Gasteiger partial charge >= 0.3 is 0 Å². The standard InChI is InChI=1S/C17H21ClN4O2/c18-15-1-3-16(4-2-15)24-13-17(23)22-11-9-20(10-12-22)7-8-21-6-5-19-14-21/h1-6,14H,7-13H2. The van der Waals surface area contributed by atoms with Gasteiger partial charge < -0.3 is 14.2 Å². The van der Waals surface area contributed by atoms with Gasteiger partial charge in [-0.05, 0) is 24.3 Å². The van der Waals surface area contributed by atoms with Gasteiger partial charge in [-0.15, -0.1) is 0 Å². The predicted molar refractivity (Wildman–Crippen MR) is 92.2 cm³/mol. The van der Waals surface area contributed by atoms with E-state index in [4.69, 9.17) is 16.3 Å². The highest BCUT2D eigenvalue weighted by Crippen LogP contribution is 2.15. The molecule has 0 aliphatic carbocycles. The Balaban J connectivity index is 1.37. The summed E-state index contributed by atoms with van der Waals surface area (Å²) in [5.41, 5.74) is 0. The molecule has 2 heterocycles. The number of benzene rings is 1. The first-order valence-electron chi connectivity index (χ1n) is 8.05. The van der Waals surface area contributed by atoms with Crippen molar-refractivity contribution in [2.75, 3.05) is 39.3 Å². The van der Waals surface area contributed by atoms with E-state index in [0.29, 0.717) is 10.8 Å². The lowest BCUT2D eigenvalue weighted by Gasteiger charge is -2.34. The molecule has 0 unspecified atom stereocenters. The summed E-state index contributed by atoms with van der Waals surface area (Å²) in [7, 11) is 0. The van der Waals surface area contributed by atoms with Gasteiger partial charge in [0.05, 0.1) is 6.33 Å². The Morgan fingerprint density at radius 2 is 1.88 bits per heavy atom. The van der Waals surface area contributed by atoms with Crippen LogP contribution in [0, 0.1) is 0 Å². The fraction of sp³-hybridized carbons (Fsp3) is 0.412. The lowest BCUT2D eigenvalue weighted by molar-refractivity contribution is -0.135. The number of carbonyl (C=O) groups is 1. The van der Waals surface area contributed by atoms with Gasteiger partial charge in [0, 0.05) is 56.7 Å². The maximum atomic E-state index is 12.2. The molecule has 3 rings (SSSR count). The normalized spacial score (nSPS) is 15.5. The molecule has 0 spiro atoms. The van der Waals surface area contributed by atoms with Gasteiger partial charge in [-0.3, -0.25) is 9.69 Å². The number of ether oxygens (including phenoxy) is 1. The first kappa shape index (κ1) is 16.8. The van der Waals surface area contributed by atoms with Crippen molar-refractivity contribution in [2.24, 2.45) is 0 Å². The van der Waals surface area contributed by atoms with Gasteiger partial charge in [-0.25, -0.2) is 4.98 Å². The van der Waals surface area contributed by atoms with Crippen LogP contribution in [0.5, 0.6) is 5.75 Å². The van der Waals surface area contributed by atoms with Crippen molar-refractivity contribution in [3.63, 3.8) is 0 Å². The summed E-state index contributed by atoms with van der Waals surface area (Å²) in [6, 6.07) is 7.04. The van der Waals surface area contributed by atoms with Crippen LogP contribution >= 0.6 is 11.6 Å². The van der Waals surface area contributed by atoms with Gasteiger partial charge in [-0.1, -0.05) is 11.6 Å². The van der Waals surface area contributed by atoms with Crippen LogP contribution in [0.4, 0.5) is 0 Å². The molecule has 0 N–H and O–H groups in total.